The number of nitrogens with zero attached hydrogens (tertiary/aromatic N) is 1. The molecule has 0 bridgehead atoms. The number of nitrogens with one attached hydrogen (secondary N) is 2. The molecule has 32 heavy (non-hydrogen) atoms. The zero-order valence-electron chi connectivity index (χ0n) is 18.8. The number of amides is 2. The van der Waals surface area contributed by atoms with Gasteiger partial charge in [0.15, 0.2) is 0 Å². The smallest absolute Gasteiger partial charge is 0.318 e. The van der Waals surface area contributed by atoms with Gasteiger partial charge in [0.1, 0.15) is 5.75 Å². The van der Waals surface area contributed by atoms with Crippen LogP contribution in [0.4, 0.5) is 4.79 Å². The number of carbonyl (C=O) groups excluding carboxylic acids is 1. The average molecular weight is 434 g/mol. The summed E-state index contributed by atoms with van der Waals surface area (Å²) in [6.07, 6.45) is 5.51. The number of fused-ring (bicyclic) bond motifs is 1. The Hall–Kier alpha value is -3.28. The highest BCUT2D eigenvalue weighted by atomic mass is 16.5. The van der Waals surface area contributed by atoms with Crippen LogP contribution in [-0.2, 0) is 13.1 Å². The molecule has 0 aliphatic heterocycles. The van der Waals surface area contributed by atoms with Gasteiger partial charge in [0.25, 0.3) is 5.56 Å². The predicted octanol–water partition coefficient (Wildman–Crippen LogP) is 4.89. The van der Waals surface area contributed by atoms with Crippen molar-refractivity contribution >= 4 is 16.9 Å². The first-order valence-corrected chi connectivity index (χ1v) is 11.3. The van der Waals surface area contributed by atoms with Gasteiger partial charge in [-0.1, -0.05) is 55.7 Å². The minimum absolute atomic E-state index is 0.147. The third-order valence-corrected chi connectivity index (χ3v) is 6.30. The molecule has 1 fully saturated rings. The molecule has 0 unspecified atom stereocenters. The zero-order chi connectivity index (χ0) is 22.5. The number of para-hydroxylation sites is 2. The number of aryl methyl sites for hydroxylation is 1. The molecule has 0 atom stereocenters. The van der Waals surface area contributed by atoms with Crippen LogP contribution < -0.4 is 15.6 Å². The molecular formula is C26H31N3O3. The van der Waals surface area contributed by atoms with Crippen molar-refractivity contribution < 1.29 is 9.53 Å². The van der Waals surface area contributed by atoms with E-state index in [0.29, 0.717) is 12.1 Å². The van der Waals surface area contributed by atoms with Crippen LogP contribution in [0.2, 0.25) is 0 Å². The monoisotopic (exact) mass is 433 g/mol. The number of benzene rings is 2. The summed E-state index contributed by atoms with van der Waals surface area (Å²) in [6.45, 7) is 2.55. The molecule has 168 valence electrons. The number of pyridine rings is 1. The van der Waals surface area contributed by atoms with E-state index < -0.39 is 0 Å². The van der Waals surface area contributed by atoms with E-state index in [0.717, 1.165) is 53.5 Å². The number of aromatic amines is 1. The number of hydrogen-bond donors (Lipinski definition) is 2. The maximum atomic E-state index is 13.3. The Kier molecular flexibility index (Phi) is 6.78. The van der Waals surface area contributed by atoms with Gasteiger partial charge in [-0.2, -0.15) is 0 Å². The number of H-pyrrole nitrogens is 1. The number of methoxy groups -OCH3 is 1. The molecule has 6 heteroatoms. The van der Waals surface area contributed by atoms with E-state index in [2.05, 4.69) is 10.3 Å². The van der Waals surface area contributed by atoms with E-state index in [1.807, 2.05) is 55.5 Å². The van der Waals surface area contributed by atoms with Crippen molar-refractivity contribution in [2.45, 2.75) is 58.2 Å². The minimum Gasteiger partial charge on any atom is -0.496 e. The van der Waals surface area contributed by atoms with Gasteiger partial charge in [-0.25, -0.2) is 4.79 Å². The van der Waals surface area contributed by atoms with Crippen LogP contribution in [0.15, 0.2) is 53.3 Å². The molecule has 0 spiro atoms. The summed E-state index contributed by atoms with van der Waals surface area (Å²) >= 11 is 0. The Morgan fingerprint density at radius 1 is 1.06 bits per heavy atom. The second-order valence-corrected chi connectivity index (χ2v) is 8.62. The molecule has 2 amide bonds. The second-order valence-electron chi connectivity index (χ2n) is 8.62. The number of hydrogen-bond acceptors (Lipinski definition) is 3. The summed E-state index contributed by atoms with van der Waals surface area (Å²) in [5, 5.41) is 4.16. The summed E-state index contributed by atoms with van der Waals surface area (Å²) in [5.41, 5.74) is 3.16. The van der Waals surface area contributed by atoms with E-state index in [-0.39, 0.29) is 24.2 Å². The summed E-state index contributed by atoms with van der Waals surface area (Å²) in [5.74, 6) is 0.728. The number of ether oxygens (including phenoxy) is 1. The highest BCUT2D eigenvalue weighted by Gasteiger charge is 2.22. The Bertz CT molecular complexity index is 1150. The molecular weight excluding hydrogens is 402 g/mol. The normalized spacial score (nSPS) is 14.3. The molecule has 4 rings (SSSR count). The minimum atomic E-state index is -0.165. The first kappa shape index (κ1) is 21.9. The summed E-state index contributed by atoms with van der Waals surface area (Å²) in [6, 6.07) is 15.5. The van der Waals surface area contributed by atoms with Crippen LogP contribution in [0.3, 0.4) is 0 Å². The van der Waals surface area contributed by atoms with Gasteiger partial charge in [-0.05, 0) is 42.8 Å². The zero-order valence-corrected chi connectivity index (χ0v) is 18.8. The molecule has 0 radical (unpaired) electrons. The second kappa shape index (κ2) is 9.90. The first-order chi connectivity index (χ1) is 15.5. The van der Waals surface area contributed by atoms with Crippen LogP contribution in [0.25, 0.3) is 10.9 Å². The molecule has 1 saturated carbocycles. The SMILES string of the molecule is COc1ccccc1CN(Cc1cc2cccc(C)c2[nH]c1=O)C(=O)NC1CCCCC1. The fourth-order valence-corrected chi connectivity index (χ4v) is 4.50. The maximum absolute atomic E-state index is 13.3. The van der Waals surface area contributed by atoms with Gasteiger partial charge in [-0.15, -0.1) is 0 Å². The van der Waals surface area contributed by atoms with Crippen molar-refractivity contribution in [1.29, 1.82) is 0 Å². The van der Waals surface area contributed by atoms with Crippen molar-refractivity contribution in [3.63, 3.8) is 0 Å². The van der Waals surface area contributed by atoms with Crippen LogP contribution in [0.5, 0.6) is 5.75 Å². The summed E-state index contributed by atoms with van der Waals surface area (Å²) in [7, 11) is 1.63. The largest absolute Gasteiger partial charge is 0.496 e. The lowest BCUT2D eigenvalue weighted by Crippen LogP contribution is -2.45. The molecule has 6 nitrogen and oxygen atoms in total. The van der Waals surface area contributed by atoms with Gasteiger partial charge < -0.3 is 19.9 Å². The Labute approximate surface area is 188 Å². The van der Waals surface area contributed by atoms with Crippen LogP contribution in [0.1, 0.15) is 48.8 Å². The van der Waals surface area contributed by atoms with E-state index >= 15 is 0 Å². The fourth-order valence-electron chi connectivity index (χ4n) is 4.50. The van der Waals surface area contributed by atoms with Crippen molar-refractivity contribution in [3.8, 4) is 5.75 Å². The highest BCUT2D eigenvalue weighted by molar-refractivity contribution is 5.82. The van der Waals surface area contributed by atoms with E-state index in [9.17, 15) is 9.59 Å². The highest BCUT2D eigenvalue weighted by Crippen LogP contribution is 2.22. The number of carbonyl (C=O) groups is 1. The Morgan fingerprint density at radius 3 is 2.59 bits per heavy atom. The first-order valence-electron chi connectivity index (χ1n) is 11.3. The molecule has 3 aromatic rings. The third-order valence-electron chi connectivity index (χ3n) is 6.30. The van der Waals surface area contributed by atoms with Crippen molar-refractivity contribution in [3.05, 3.63) is 75.6 Å². The number of rotatable bonds is 6. The lowest BCUT2D eigenvalue weighted by atomic mass is 9.96. The molecule has 1 heterocycles. The average Bonchev–Trinajstić information content (AvgIpc) is 2.80. The topological polar surface area (TPSA) is 74.4 Å². The Balaban J connectivity index is 1.63. The van der Waals surface area contributed by atoms with Gasteiger partial charge in [0, 0.05) is 17.2 Å². The van der Waals surface area contributed by atoms with Gasteiger partial charge in [0.2, 0.25) is 0 Å². The maximum Gasteiger partial charge on any atom is 0.318 e. The fraction of sp³-hybridized carbons (Fsp3) is 0.385. The number of urea groups is 1. The lowest BCUT2D eigenvalue weighted by molar-refractivity contribution is 0.183. The van der Waals surface area contributed by atoms with Crippen molar-refractivity contribution in [1.82, 2.24) is 15.2 Å². The molecule has 1 aromatic heterocycles. The van der Waals surface area contributed by atoms with Gasteiger partial charge in [0.05, 0.1) is 25.7 Å². The van der Waals surface area contributed by atoms with Crippen LogP contribution in [-0.4, -0.2) is 29.1 Å². The van der Waals surface area contributed by atoms with E-state index in [1.54, 1.807) is 12.0 Å². The summed E-state index contributed by atoms with van der Waals surface area (Å²) in [4.78, 5) is 30.9. The van der Waals surface area contributed by atoms with Gasteiger partial charge >= 0.3 is 6.03 Å². The molecule has 2 aromatic carbocycles. The van der Waals surface area contributed by atoms with Crippen LogP contribution >= 0.6 is 0 Å². The molecule has 2 N–H and O–H groups in total. The van der Waals surface area contributed by atoms with Crippen LogP contribution in [0, 0.1) is 6.92 Å². The van der Waals surface area contributed by atoms with Crippen molar-refractivity contribution in [2.24, 2.45) is 0 Å². The lowest BCUT2D eigenvalue weighted by Gasteiger charge is -2.29. The molecule has 1 aliphatic rings. The van der Waals surface area contributed by atoms with E-state index in [1.165, 1.54) is 6.42 Å². The van der Waals surface area contributed by atoms with E-state index in [4.69, 9.17) is 4.74 Å². The standard InChI is InChI=1S/C26H31N3O3/c1-18-9-8-11-19-15-21(25(30)28-24(18)19)17-29(16-20-10-6-7-14-23(20)32-2)26(31)27-22-12-4-3-5-13-22/h6-11,14-15,22H,3-5,12-13,16-17H2,1-2H3,(H,27,31)(H,28,30). The molecule has 0 saturated heterocycles. The quantitative estimate of drug-likeness (QED) is 0.581. The van der Waals surface area contributed by atoms with Crippen molar-refractivity contribution in [2.75, 3.05) is 7.11 Å². The summed E-state index contributed by atoms with van der Waals surface area (Å²) < 4.78 is 5.49. The Morgan fingerprint density at radius 2 is 1.81 bits per heavy atom. The van der Waals surface area contributed by atoms with Gasteiger partial charge in [-0.3, -0.25) is 4.79 Å². The number of aromatic nitrogens is 1. The third kappa shape index (κ3) is 4.96. The predicted molar refractivity (Wildman–Crippen MR) is 127 cm³/mol. The molecule has 1 aliphatic carbocycles.